The van der Waals surface area contributed by atoms with Gasteiger partial charge in [-0.05, 0) is 37.6 Å². The second-order valence-corrected chi connectivity index (χ2v) is 5.19. The summed E-state index contributed by atoms with van der Waals surface area (Å²) in [5.74, 6) is -0.858. The lowest BCUT2D eigenvalue weighted by atomic mass is 10.1. The molecule has 0 radical (unpaired) electrons. The third-order valence-corrected chi connectivity index (χ3v) is 3.20. The maximum atomic E-state index is 13.3. The third kappa shape index (κ3) is 4.51. The Morgan fingerprint density at radius 1 is 1.42 bits per heavy atom. The molecule has 1 aromatic carbocycles. The maximum absolute atomic E-state index is 13.3. The molecule has 1 unspecified atom stereocenters. The van der Waals surface area contributed by atoms with Gasteiger partial charge in [-0.15, -0.1) is 0 Å². The first kappa shape index (κ1) is 17.4. The lowest BCUT2D eigenvalue weighted by molar-refractivity contribution is -0.136. The number of benzene rings is 1. The first-order chi connectivity index (χ1) is 11.4. The minimum Gasteiger partial charge on any atom is -0.481 e. The van der Waals surface area contributed by atoms with Crippen molar-refractivity contribution in [3.63, 3.8) is 0 Å². The molecule has 2 rings (SSSR count). The highest BCUT2D eigenvalue weighted by atomic mass is 19.1. The number of aromatic nitrogens is 2. The summed E-state index contributed by atoms with van der Waals surface area (Å²) in [5.41, 5.74) is 1.06. The number of hydrogen-bond donors (Lipinski definition) is 3. The Morgan fingerprint density at radius 3 is 2.83 bits per heavy atom. The molecule has 0 aliphatic carbocycles. The number of aliphatic carboxylic acids is 1. The monoisotopic (exact) mass is 336 g/mol. The fraction of sp³-hybridized carbons (Fsp3) is 0.333. The second kappa shape index (κ2) is 7.53. The summed E-state index contributed by atoms with van der Waals surface area (Å²) in [5, 5.41) is 17.3. The predicted octanol–water partition coefficient (Wildman–Crippen LogP) is 2.02. The summed E-state index contributed by atoms with van der Waals surface area (Å²) in [7, 11) is 0. The van der Waals surface area contributed by atoms with E-state index in [1.807, 2.05) is 0 Å². The van der Waals surface area contributed by atoms with Gasteiger partial charge in [0.2, 0.25) is 11.7 Å². The zero-order valence-corrected chi connectivity index (χ0v) is 13.2. The molecular weight excluding hydrogens is 319 g/mol. The fourth-order valence-electron chi connectivity index (χ4n) is 1.90. The van der Waals surface area contributed by atoms with Gasteiger partial charge in [-0.3, -0.25) is 4.79 Å². The van der Waals surface area contributed by atoms with Crippen LogP contribution in [0.4, 0.5) is 9.18 Å². The van der Waals surface area contributed by atoms with Crippen molar-refractivity contribution in [2.45, 2.75) is 26.3 Å². The van der Waals surface area contributed by atoms with Crippen molar-refractivity contribution < 1.29 is 23.6 Å². The first-order valence-corrected chi connectivity index (χ1v) is 7.23. The van der Waals surface area contributed by atoms with Crippen LogP contribution in [0.25, 0.3) is 11.4 Å². The lowest BCUT2D eigenvalue weighted by Crippen LogP contribution is -2.38. The van der Waals surface area contributed by atoms with Crippen LogP contribution in [0.2, 0.25) is 0 Å². The van der Waals surface area contributed by atoms with Crippen LogP contribution in [-0.2, 0) is 4.79 Å². The number of halogens is 1. The van der Waals surface area contributed by atoms with Crippen molar-refractivity contribution in [3.05, 3.63) is 35.5 Å². The van der Waals surface area contributed by atoms with Gasteiger partial charge in [-0.25, -0.2) is 9.18 Å². The zero-order valence-electron chi connectivity index (χ0n) is 13.2. The number of carbonyl (C=O) groups excluding carboxylic acids is 1. The van der Waals surface area contributed by atoms with Crippen molar-refractivity contribution in [3.8, 4) is 11.4 Å². The minimum atomic E-state index is -1.00. The highest BCUT2D eigenvalue weighted by Crippen LogP contribution is 2.20. The van der Waals surface area contributed by atoms with Crippen molar-refractivity contribution in [1.82, 2.24) is 20.8 Å². The summed E-state index contributed by atoms with van der Waals surface area (Å²) < 4.78 is 18.4. The van der Waals surface area contributed by atoms with Crippen molar-refractivity contribution in [2.24, 2.45) is 0 Å². The summed E-state index contributed by atoms with van der Waals surface area (Å²) >= 11 is 0. The molecule has 0 fully saturated rings. The maximum Gasteiger partial charge on any atom is 0.315 e. The summed E-state index contributed by atoms with van der Waals surface area (Å²) in [6, 6.07) is 3.34. The van der Waals surface area contributed by atoms with E-state index < -0.39 is 18.0 Å². The molecule has 0 saturated heterocycles. The molecule has 0 aliphatic heterocycles. The molecule has 128 valence electrons. The molecule has 2 aromatic rings. The van der Waals surface area contributed by atoms with E-state index in [0.717, 1.165) is 0 Å². The number of amides is 2. The van der Waals surface area contributed by atoms with Crippen LogP contribution in [0.5, 0.6) is 0 Å². The Labute approximate surface area is 137 Å². The predicted molar refractivity (Wildman–Crippen MR) is 81.6 cm³/mol. The molecule has 0 spiro atoms. The van der Waals surface area contributed by atoms with E-state index in [4.69, 9.17) is 9.63 Å². The highest BCUT2D eigenvalue weighted by Gasteiger charge is 2.17. The number of carboxylic acid groups (broad SMARTS) is 1. The molecule has 24 heavy (non-hydrogen) atoms. The molecule has 1 aromatic heterocycles. The van der Waals surface area contributed by atoms with Gasteiger partial charge in [0.15, 0.2) is 0 Å². The topological polar surface area (TPSA) is 117 Å². The van der Waals surface area contributed by atoms with Crippen LogP contribution in [0.1, 0.15) is 30.8 Å². The second-order valence-electron chi connectivity index (χ2n) is 5.19. The van der Waals surface area contributed by atoms with E-state index in [9.17, 15) is 14.0 Å². The van der Waals surface area contributed by atoms with Gasteiger partial charge < -0.3 is 20.3 Å². The van der Waals surface area contributed by atoms with Gasteiger partial charge >= 0.3 is 12.0 Å². The molecule has 0 aliphatic rings. The largest absolute Gasteiger partial charge is 0.481 e. The van der Waals surface area contributed by atoms with Crippen LogP contribution in [0.3, 0.4) is 0 Å². The number of nitrogens with one attached hydrogen (secondary N) is 2. The average molecular weight is 336 g/mol. The Bertz CT molecular complexity index is 747. The molecule has 0 saturated carbocycles. The van der Waals surface area contributed by atoms with Crippen molar-refractivity contribution in [1.29, 1.82) is 0 Å². The summed E-state index contributed by atoms with van der Waals surface area (Å²) in [6.45, 7) is 3.28. The SMILES string of the molecule is Cc1cc(-c2noc(C(C)NC(=O)NCCC(=O)O)n2)ccc1F. The smallest absolute Gasteiger partial charge is 0.315 e. The van der Waals surface area contributed by atoms with Gasteiger partial charge in [0.25, 0.3) is 0 Å². The van der Waals surface area contributed by atoms with E-state index in [1.54, 1.807) is 19.9 Å². The van der Waals surface area contributed by atoms with Crippen molar-refractivity contribution >= 4 is 12.0 Å². The molecule has 1 heterocycles. The van der Waals surface area contributed by atoms with Crippen molar-refractivity contribution in [2.75, 3.05) is 6.54 Å². The normalized spacial score (nSPS) is 11.8. The first-order valence-electron chi connectivity index (χ1n) is 7.23. The number of urea groups is 1. The fourth-order valence-corrected chi connectivity index (χ4v) is 1.90. The number of hydrogen-bond acceptors (Lipinski definition) is 5. The molecule has 0 bridgehead atoms. The summed E-state index contributed by atoms with van der Waals surface area (Å²) in [4.78, 5) is 26.2. The lowest BCUT2D eigenvalue weighted by Gasteiger charge is -2.10. The molecule has 9 heteroatoms. The van der Waals surface area contributed by atoms with E-state index in [1.165, 1.54) is 12.1 Å². The van der Waals surface area contributed by atoms with Gasteiger partial charge in [-0.2, -0.15) is 4.98 Å². The van der Waals surface area contributed by atoms with Crippen LogP contribution < -0.4 is 10.6 Å². The number of nitrogens with zero attached hydrogens (tertiary/aromatic N) is 2. The molecule has 1 atom stereocenters. The van der Waals surface area contributed by atoms with Gasteiger partial charge in [0.1, 0.15) is 11.9 Å². The third-order valence-electron chi connectivity index (χ3n) is 3.20. The van der Waals surface area contributed by atoms with Gasteiger partial charge in [0.05, 0.1) is 6.42 Å². The molecule has 2 amide bonds. The zero-order chi connectivity index (χ0) is 17.7. The Morgan fingerprint density at radius 2 is 2.17 bits per heavy atom. The number of carbonyl (C=O) groups is 2. The quantitative estimate of drug-likeness (QED) is 0.743. The standard InChI is InChI=1S/C15H17FN4O4/c1-8-7-10(3-4-11(8)16)13-19-14(24-20-13)9(2)18-15(23)17-6-5-12(21)22/h3-4,7,9H,5-6H2,1-2H3,(H,21,22)(H2,17,18,23). The number of carboxylic acids is 1. The molecule has 3 N–H and O–H groups in total. The Balaban J connectivity index is 1.97. The minimum absolute atomic E-state index is 0.0117. The van der Waals surface area contributed by atoms with E-state index in [-0.39, 0.29) is 30.5 Å². The van der Waals surface area contributed by atoms with Crippen LogP contribution in [0.15, 0.2) is 22.7 Å². The number of rotatable bonds is 6. The molecular formula is C15H17FN4O4. The Kier molecular flexibility index (Phi) is 5.46. The van der Waals surface area contributed by atoms with Gasteiger partial charge in [-0.1, -0.05) is 5.16 Å². The van der Waals surface area contributed by atoms with E-state index in [0.29, 0.717) is 11.1 Å². The summed E-state index contributed by atoms with van der Waals surface area (Å²) in [6.07, 6.45) is -0.170. The molecule has 8 nitrogen and oxygen atoms in total. The highest BCUT2D eigenvalue weighted by molar-refractivity contribution is 5.75. The van der Waals surface area contributed by atoms with Crippen LogP contribution in [0, 0.1) is 12.7 Å². The number of aryl methyl sites for hydroxylation is 1. The average Bonchev–Trinajstić information content (AvgIpc) is 2.99. The van der Waals surface area contributed by atoms with E-state index >= 15 is 0 Å². The van der Waals surface area contributed by atoms with Crippen LogP contribution >= 0.6 is 0 Å². The van der Waals surface area contributed by atoms with Crippen LogP contribution in [-0.4, -0.2) is 33.8 Å². The van der Waals surface area contributed by atoms with E-state index in [2.05, 4.69) is 20.8 Å². The Hall–Kier alpha value is -2.97. The van der Waals surface area contributed by atoms with Gasteiger partial charge in [0, 0.05) is 12.1 Å².